The monoisotopic (exact) mass is 377 g/mol. The van der Waals surface area contributed by atoms with E-state index in [0.717, 1.165) is 17.2 Å². The Labute approximate surface area is 153 Å². The van der Waals surface area contributed by atoms with Crippen molar-refractivity contribution in [3.8, 4) is 0 Å². The van der Waals surface area contributed by atoms with Crippen molar-refractivity contribution in [3.05, 3.63) is 63.7 Å². The highest BCUT2D eigenvalue weighted by Crippen LogP contribution is 2.31. The minimum Gasteiger partial charge on any atom is -0.373 e. The average molecular weight is 377 g/mol. The lowest BCUT2D eigenvalue weighted by molar-refractivity contribution is -0.384. The van der Waals surface area contributed by atoms with E-state index in [1.54, 1.807) is 13.8 Å². The number of aryl methyl sites for hydroxylation is 1. The van der Waals surface area contributed by atoms with E-state index in [2.05, 4.69) is 10.0 Å². The van der Waals surface area contributed by atoms with Crippen molar-refractivity contribution in [3.63, 3.8) is 0 Å². The van der Waals surface area contributed by atoms with Gasteiger partial charge in [0.2, 0.25) is 10.0 Å². The molecule has 0 aliphatic carbocycles. The van der Waals surface area contributed by atoms with Gasteiger partial charge in [0.05, 0.1) is 9.82 Å². The maximum atomic E-state index is 12.3. The predicted octanol–water partition coefficient (Wildman–Crippen LogP) is 3.76. The molecule has 0 amide bonds. The second-order valence-electron chi connectivity index (χ2n) is 6.43. The minimum atomic E-state index is -3.80. The first-order valence-electron chi connectivity index (χ1n) is 8.24. The largest absolute Gasteiger partial charge is 0.373 e. The predicted molar refractivity (Wildman–Crippen MR) is 102 cm³/mol. The van der Waals surface area contributed by atoms with Crippen LogP contribution in [0.25, 0.3) is 0 Å². The molecule has 0 saturated heterocycles. The third kappa shape index (κ3) is 4.59. The van der Waals surface area contributed by atoms with Crippen LogP contribution in [0.15, 0.2) is 47.4 Å². The Morgan fingerprint density at radius 3 is 2.31 bits per heavy atom. The zero-order chi connectivity index (χ0) is 19.5. The number of nitrogens with one attached hydrogen (secondary N) is 2. The lowest BCUT2D eigenvalue weighted by Gasteiger charge is -2.18. The van der Waals surface area contributed by atoms with Gasteiger partial charge >= 0.3 is 0 Å². The van der Waals surface area contributed by atoms with Crippen molar-refractivity contribution in [1.82, 2.24) is 4.72 Å². The summed E-state index contributed by atoms with van der Waals surface area (Å²) >= 11 is 0. The van der Waals surface area contributed by atoms with Crippen molar-refractivity contribution in [2.24, 2.45) is 0 Å². The number of nitro benzene ring substituents is 1. The van der Waals surface area contributed by atoms with Crippen LogP contribution in [0.2, 0.25) is 0 Å². The summed E-state index contributed by atoms with van der Waals surface area (Å²) in [4.78, 5) is 10.7. The fourth-order valence-corrected chi connectivity index (χ4v) is 3.98. The Kier molecular flexibility index (Phi) is 5.99. The van der Waals surface area contributed by atoms with Crippen molar-refractivity contribution < 1.29 is 13.3 Å². The Balaban J connectivity index is 2.38. The summed E-state index contributed by atoms with van der Waals surface area (Å²) in [6, 6.07) is 11.1. The molecule has 2 aromatic carbocycles. The average Bonchev–Trinajstić information content (AvgIpc) is 2.53. The van der Waals surface area contributed by atoms with Crippen LogP contribution >= 0.6 is 0 Å². The number of rotatable bonds is 7. The van der Waals surface area contributed by atoms with E-state index in [-0.39, 0.29) is 28.4 Å². The summed E-state index contributed by atoms with van der Waals surface area (Å²) in [5.74, 6) is 0. The molecule has 26 heavy (non-hydrogen) atoms. The van der Waals surface area contributed by atoms with Gasteiger partial charge in [-0.05, 0) is 51.0 Å². The van der Waals surface area contributed by atoms with Crippen LogP contribution < -0.4 is 10.0 Å². The van der Waals surface area contributed by atoms with Gasteiger partial charge < -0.3 is 5.32 Å². The van der Waals surface area contributed by atoms with E-state index in [1.807, 2.05) is 38.1 Å². The van der Waals surface area contributed by atoms with Crippen molar-refractivity contribution in [2.45, 2.75) is 44.7 Å². The van der Waals surface area contributed by atoms with Gasteiger partial charge in [0.1, 0.15) is 5.69 Å². The number of hydrogen-bond donors (Lipinski definition) is 2. The number of anilines is 1. The van der Waals surface area contributed by atoms with Crippen molar-refractivity contribution >= 4 is 21.4 Å². The zero-order valence-electron chi connectivity index (χ0n) is 15.2. The van der Waals surface area contributed by atoms with Crippen LogP contribution in [0.1, 0.15) is 37.9 Å². The standard InChI is InChI=1S/C18H23N3O4S/c1-12(2)20-26(24,25)15-9-10-17(18(11-15)21(22)23)19-14(4)16-8-6-5-7-13(16)3/h5-12,14,19-20H,1-4H3/t14-/m0/s1. The summed E-state index contributed by atoms with van der Waals surface area (Å²) in [7, 11) is -3.80. The molecule has 2 N–H and O–H groups in total. The third-order valence-corrected chi connectivity index (χ3v) is 5.55. The highest BCUT2D eigenvalue weighted by atomic mass is 32.2. The van der Waals surface area contributed by atoms with Crippen LogP contribution in [0.3, 0.4) is 0 Å². The van der Waals surface area contributed by atoms with Crippen LogP contribution in [-0.2, 0) is 10.0 Å². The van der Waals surface area contributed by atoms with E-state index < -0.39 is 14.9 Å². The maximum Gasteiger partial charge on any atom is 0.293 e. The van der Waals surface area contributed by atoms with Crippen LogP contribution in [0.4, 0.5) is 11.4 Å². The summed E-state index contributed by atoms with van der Waals surface area (Å²) in [6.45, 7) is 7.24. The van der Waals surface area contributed by atoms with Gasteiger partial charge in [-0.15, -0.1) is 0 Å². The molecule has 0 aliphatic heterocycles. The van der Waals surface area contributed by atoms with Crippen molar-refractivity contribution in [2.75, 3.05) is 5.32 Å². The fraction of sp³-hybridized carbons (Fsp3) is 0.333. The molecule has 0 saturated carbocycles. The number of sulfonamides is 1. The normalized spacial score (nSPS) is 12.8. The molecule has 0 aromatic heterocycles. The molecule has 7 nitrogen and oxygen atoms in total. The second kappa shape index (κ2) is 7.84. The molecule has 1 atom stereocenters. The molecule has 0 spiro atoms. The topological polar surface area (TPSA) is 101 Å². The van der Waals surface area contributed by atoms with Crippen LogP contribution in [0, 0.1) is 17.0 Å². The van der Waals surface area contributed by atoms with E-state index in [4.69, 9.17) is 0 Å². The van der Waals surface area contributed by atoms with Gasteiger partial charge in [-0.3, -0.25) is 10.1 Å². The molecular weight excluding hydrogens is 354 g/mol. The first-order chi connectivity index (χ1) is 12.1. The Morgan fingerprint density at radius 2 is 1.73 bits per heavy atom. The molecule has 140 valence electrons. The second-order valence-corrected chi connectivity index (χ2v) is 8.15. The highest BCUT2D eigenvalue weighted by Gasteiger charge is 2.23. The Hall–Kier alpha value is -2.45. The Bertz CT molecular complexity index is 910. The summed E-state index contributed by atoms with van der Waals surface area (Å²) in [5.41, 5.74) is 2.07. The molecule has 2 rings (SSSR count). The van der Waals surface area contributed by atoms with E-state index in [1.165, 1.54) is 12.1 Å². The van der Waals surface area contributed by atoms with Gasteiger partial charge in [0.25, 0.3) is 5.69 Å². The van der Waals surface area contributed by atoms with E-state index in [0.29, 0.717) is 0 Å². The molecule has 0 fully saturated rings. The summed E-state index contributed by atoms with van der Waals surface area (Å²) < 4.78 is 27.0. The van der Waals surface area contributed by atoms with E-state index in [9.17, 15) is 18.5 Å². The minimum absolute atomic E-state index is 0.132. The molecule has 0 radical (unpaired) electrons. The zero-order valence-corrected chi connectivity index (χ0v) is 16.0. The molecule has 0 bridgehead atoms. The number of hydrogen-bond acceptors (Lipinski definition) is 5. The van der Waals surface area contributed by atoms with Crippen molar-refractivity contribution in [1.29, 1.82) is 0 Å². The van der Waals surface area contributed by atoms with Gasteiger partial charge in [-0.2, -0.15) is 0 Å². The number of nitro groups is 1. The third-order valence-electron chi connectivity index (χ3n) is 3.89. The van der Waals surface area contributed by atoms with Crippen LogP contribution in [-0.4, -0.2) is 19.4 Å². The lowest BCUT2D eigenvalue weighted by Crippen LogP contribution is -2.30. The smallest absolute Gasteiger partial charge is 0.293 e. The maximum absolute atomic E-state index is 12.3. The molecular formula is C18H23N3O4S. The number of nitrogens with zero attached hydrogens (tertiary/aromatic N) is 1. The lowest BCUT2D eigenvalue weighted by atomic mass is 10.0. The summed E-state index contributed by atoms with van der Waals surface area (Å²) in [6.07, 6.45) is 0. The molecule has 0 aliphatic rings. The highest BCUT2D eigenvalue weighted by molar-refractivity contribution is 7.89. The molecule has 0 unspecified atom stereocenters. The SMILES string of the molecule is Cc1ccccc1[C@H](C)Nc1ccc(S(=O)(=O)NC(C)C)cc1[N+](=O)[O-]. The summed E-state index contributed by atoms with van der Waals surface area (Å²) in [5, 5.41) is 14.6. The Morgan fingerprint density at radius 1 is 1.08 bits per heavy atom. The molecule has 8 heteroatoms. The van der Waals surface area contributed by atoms with Gasteiger partial charge in [0, 0.05) is 18.2 Å². The molecule has 2 aromatic rings. The van der Waals surface area contributed by atoms with Gasteiger partial charge in [-0.25, -0.2) is 13.1 Å². The quantitative estimate of drug-likeness (QED) is 0.565. The first-order valence-corrected chi connectivity index (χ1v) is 9.73. The van der Waals surface area contributed by atoms with Gasteiger partial charge in [0.15, 0.2) is 0 Å². The first kappa shape index (κ1) is 19.9. The van der Waals surface area contributed by atoms with Gasteiger partial charge in [-0.1, -0.05) is 24.3 Å². The van der Waals surface area contributed by atoms with Crippen LogP contribution in [0.5, 0.6) is 0 Å². The fourth-order valence-electron chi connectivity index (χ4n) is 2.71. The van der Waals surface area contributed by atoms with E-state index >= 15 is 0 Å². The number of benzene rings is 2. The molecule has 0 heterocycles.